The van der Waals surface area contributed by atoms with Crippen LogP contribution in [0.5, 0.6) is 0 Å². The molecule has 38 heavy (non-hydrogen) atoms. The summed E-state index contributed by atoms with van der Waals surface area (Å²) in [6, 6.07) is 30.2. The summed E-state index contributed by atoms with van der Waals surface area (Å²) >= 11 is 1.59. The number of carbonyl (C=O) groups is 1. The van der Waals surface area contributed by atoms with Gasteiger partial charge in [-0.3, -0.25) is 4.79 Å². The zero-order valence-corrected chi connectivity index (χ0v) is 23.6. The number of amides is 1. The van der Waals surface area contributed by atoms with Crippen molar-refractivity contribution in [2.24, 2.45) is 0 Å². The van der Waals surface area contributed by atoms with Crippen molar-refractivity contribution in [3.8, 4) is 0 Å². The molecular weight excluding hydrogens is 488 g/mol. The molecule has 196 valence electrons. The standard InChI is InChI=1S/C32H36N4OS/c1-23(26-16-10-7-11-17-26)33-30(37)27-18-12-15-25(19-27)22-38-31-34-28(32(2,3)4)20-29(35-31)36(5)21-24-13-8-6-9-14-24/h6-20,23H,21-22H2,1-5H3,(H,33,37). The first kappa shape index (κ1) is 27.4. The van der Waals surface area contributed by atoms with Crippen molar-refractivity contribution in [2.75, 3.05) is 11.9 Å². The van der Waals surface area contributed by atoms with Crippen molar-refractivity contribution >= 4 is 23.5 Å². The lowest BCUT2D eigenvalue weighted by atomic mass is 9.92. The first-order chi connectivity index (χ1) is 18.2. The largest absolute Gasteiger partial charge is 0.355 e. The van der Waals surface area contributed by atoms with Crippen LogP contribution in [0.25, 0.3) is 0 Å². The maximum Gasteiger partial charge on any atom is 0.251 e. The third-order valence-corrected chi connectivity index (χ3v) is 7.24. The van der Waals surface area contributed by atoms with E-state index >= 15 is 0 Å². The monoisotopic (exact) mass is 524 g/mol. The average molecular weight is 525 g/mol. The molecule has 0 spiro atoms. The molecular formula is C32H36N4OS. The van der Waals surface area contributed by atoms with Crippen molar-refractivity contribution in [3.63, 3.8) is 0 Å². The van der Waals surface area contributed by atoms with Crippen molar-refractivity contribution in [2.45, 2.75) is 56.6 Å². The smallest absolute Gasteiger partial charge is 0.251 e. The lowest BCUT2D eigenvalue weighted by molar-refractivity contribution is 0.0940. The van der Waals surface area contributed by atoms with Crippen LogP contribution in [0.1, 0.15) is 66.5 Å². The summed E-state index contributed by atoms with van der Waals surface area (Å²) in [7, 11) is 2.06. The number of anilines is 1. The van der Waals surface area contributed by atoms with Crippen LogP contribution in [0, 0.1) is 0 Å². The fourth-order valence-electron chi connectivity index (χ4n) is 4.05. The molecule has 1 atom stereocenters. The number of benzene rings is 3. The van der Waals surface area contributed by atoms with Gasteiger partial charge in [0, 0.05) is 36.4 Å². The van der Waals surface area contributed by atoms with Gasteiger partial charge in [-0.05, 0) is 35.7 Å². The molecule has 1 unspecified atom stereocenters. The number of nitrogens with zero attached hydrogens (tertiary/aromatic N) is 3. The van der Waals surface area contributed by atoms with Crippen LogP contribution >= 0.6 is 11.8 Å². The van der Waals surface area contributed by atoms with E-state index in [2.05, 4.69) is 68.4 Å². The Labute approximate surface area is 230 Å². The predicted molar refractivity (Wildman–Crippen MR) is 158 cm³/mol. The lowest BCUT2D eigenvalue weighted by Crippen LogP contribution is -2.26. The van der Waals surface area contributed by atoms with Crippen LogP contribution in [0.3, 0.4) is 0 Å². The lowest BCUT2D eigenvalue weighted by Gasteiger charge is -2.23. The van der Waals surface area contributed by atoms with Gasteiger partial charge in [0.25, 0.3) is 5.91 Å². The number of carbonyl (C=O) groups excluding carboxylic acids is 1. The summed E-state index contributed by atoms with van der Waals surface area (Å²) in [5.41, 5.74) is 4.92. The normalized spacial score (nSPS) is 12.1. The van der Waals surface area contributed by atoms with Gasteiger partial charge in [-0.15, -0.1) is 0 Å². The number of hydrogen-bond donors (Lipinski definition) is 1. The van der Waals surface area contributed by atoms with E-state index in [1.54, 1.807) is 11.8 Å². The van der Waals surface area contributed by atoms with Crippen molar-refractivity contribution in [1.82, 2.24) is 15.3 Å². The Kier molecular flexibility index (Phi) is 8.85. The quantitative estimate of drug-likeness (QED) is 0.185. The minimum absolute atomic E-state index is 0.0680. The highest BCUT2D eigenvalue weighted by molar-refractivity contribution is 7.98. The van der Waals surface area contributed by atoms with Gasteiger partial charge in [-0.25, -0.2) is 9.97 Å². The van der Waals surface area contributed by atoms with Crippen molar-refractivity contribution in [1.29, 1.82) is 0 Å². The van der Waals surface area contributed by atoms with Gasteiger partial charge in [0.15, 0.2) is 5.16 Å². The molecule has 0 saturated heterocycles. The average Bonchev–Trinajstić information content (AvgIpc) is 2.92. The number of rotatable bonds is 9. The fourth-order valence-corrected chi connectivity index (χ4v) is 4.85. The summed E-state index contributed by atoms with van der Waals surface area (Å²) in [6.45, 7) is 9.28. The third-order valence-electron chi connectivity index (χ3n) is 6.32. The molecule has 1 N–H and O–H groups in total. The molecule has 0 radical (unpaired) electrons. The molecule has 4 aromatic rings. The van der Waals surface area contributed by atoms with Gasteiger partial charge < -0.3 is 10.2 Å². The Balaban J connectivity index is 1.47. The zero-order chi connectivity index (χ0) is 27.1. The van der Waals surface area contributed by atoms with Gasteiger partial charge >= 0.3 is 0 Å². The summed E-state index contributed by atoms with van der Waals surface area (Å²) in [4.78, 5) is 24.9. The number of aromatic nitrogens is 2. The van der Waals surface area contributed by atoms with Crippen LogP contribution in [0.15, 0.2) is 96.2 Å². The molecule has 3 aromatic carbocycles. The molecule has 0 fully saturated rings. The highest BCUT2D eigenvalue weighted by atomic mass is 32.2. The molecule has 0 aliphatic rings. The summed E-state index contributed by atoms with van der Waals surface area (Å²) in [5, 5.41) is 3.84. The minimum atomic E-state index is -0.103. The van der Waals surface area contributed by atoms with Crippen LogP contribution in [-0.2, 0) is 17.7 Å². The Bertz CT molecular complexity index is 1350. The number of thioether (sulfide) groups is 1. The zero-order valence-electron chi connectivity index (χ0n) is 22.8. The van der Waals surface area contributed by atoms with E-state index < -0.39 is 0 Å². The fraction of sp³-hybridized carbons (Fsp3) is 0.281. The molecule has 5 nitrogen and oxygen atoms in total. The first-order valence-corrected chi connectivity index (χ1v) is 13.9. The summed E-state index contributed by atoms with van der Waals surface area (Å²) < 4.78 is 0. The second-order valence-electron chi connectivity index (χ2n) is 10.6. The van der Waals surface area contributed by atoms with Crippen molar-refractivity contribution in [3.05, 3.63) is 119 Å². The van der Waals surface area contributed by atoms with Gasteiger partial charge in [-0.2, -0.15) is 0 Å². The van der Waals surface area contributed by atoms with Crippen LogP contribution in [0.4, 0.5) is 5.82 Å². The Morgan fingerprint density at radius 3 is 2.24 bits per heavy atom. The van der Waals surface area contributed by atoms with E-state index in [0.717, 1.165) is 34.3 Å². The van der Waals surface area contributed by atoms with E-state index in [1.165, 1.54) is 5.56 Å². The predicted octanol–water partition coefficient (Wildman–Crippen LogP) is 7.19. The topological polar surface area (TPSA) is 58.1 Å². The Morgan fingerprint density at radius 1 is 0.895 bits per heavy atom. The van der Waals surface area contributed by atoms with Crippen molar-refractivity contribution < 1.29 is 4.79 Å². The molecule has 6 heteroatoms. The molecule has 4 rings (SSSR count). The van der Waals surface area contributed by atoms with E-state index in [-0.39, 0.29) is 17.4 Å². The second-order valence-corrected chi connectivity index (χ2v) is 11.5. The first-order valence-electron chi connectivity index (χ1n) is 12.9. The van der Waals surface area contributed by atoms with E-state index in [4.69, 9.17) is 9.97 Å². The van der Waals surface area contributed by atoms with E-state index in [9.17, 15) is 4.79 Å². The second kappa shape index (κ2) is 12.3. The molecule has 0 aliphatic heterocycles. The highest BCUT2D eigenvalue weighted by Crippen LogP contribution is 2.29. The van der Waals surface area contributed by atoms with Crippen LogP contribution in [0.2, 0.25) is 0 Å². The van der Waals surface area contributed by atoms with Crippen LogP contribution in [-0.4, -0.2) is 22.9 Å². The number of nitrogens with one attached hydrogen (secondary N) is 1. The summed E-state index contributed by atoms with van der Waals surface area (Å²) in [6.07, 6.45) is 0. The van der Waals surface area contributed by atoms with Crippen LogP contribution < -0.4 is 10.2 Å². The highest BCUT2D eigenvalue weighted by Gasteiger charge is 2.20. The maximum atomic E-state index is 12.9. The summed E-state index contributed by atoms with van der Waals surface area (Å²) in [5.74, 6) is 1.49. The van der Waals surface area contributed by atoms with Gasteiger partial charge in [-0.1, -0.05) is 105 Å². The molecule has 0 bridgehead atoms. The SMILES string of the molecule is CC(NC(=O)c1cccc(CSc2nc(N(C)Cc3ccccc3)cc(C(C)(C)C)n2)c1)c1ccccc1. The maximum absolute atomic E-state index is 12.9. The van der Waals surface area contributed by atoms with E-state index in [0.29, 0.717) is 11.3 Å². The van der Waals surface area contributed by atoms with E-state index in [1.807, 2.05) is 67.6 Å². The number of hydrogen-bond acceptors (Lipinski definition) is 5. The molecule has 0 aliphatic carbocycles. The molecule has 1 aromatic heterocycles. The van der Waals surface area contributed by atoms with Gasteiger partial charge in [0.05, 0.1) is 11.7 Å². The minimum Gasteiger partial charge on any atom is -0.355 e. The Hall–Kier alpha value is -3.64. The molecule has 1 heterocycles. The van der Waals surface area contributed by atoms with Gasteiger partial charge in [0.2, 0.25) is 0 Å². The Morgan fingerprint density at radius 2 is 1.55 bits per heavy atom. The molecule has 1 amide bonds. The third kappa shape index (κ3) is 7.45. The molecule has 0 saturated carbocycles. The van der Waals surface area contributed by atoms with Gasteiger partial charge in [0.1, 0.15) is 5.82 Å².